The van der Waals surface area contributed by atoms with Crippen LogP contribution in [0.4, 0.5) is 5.69 Å². The van der Waals surface area contributed by atoms with Crippen LogP contribution in [0.25, 0.3) is 0 Å². The maximum absolute atomic E-state index is 12.3. The molecule has 5 nitrogen and oxygen atoms in total. The number of carbonyl (C=O) groups is 1. The van der Waals surface area contributed by atoms with E-state index in [4.69, 9.17) is 10.5 Å². The number of anilines is 1. The number of ether oxygens (including phenoxy) is 1. The average molecular weight is 285 g/mol. The fourth-order valence-corrected chi connectivity index (χ4v) is 2.67. The Balaban J connectivity index is 3.36. The molecule has 0 saturated carbocycles. The molecule has 1 aromatic rings. The lowest BCUT2D eigenvalue weighted by Crippen LogP contribution is -2.28. The maximum Gasteiger partial charge on any atom is 0.340 e. The van der Waals surface area contributed by atoms with Gasteiger partial charge in [-0.3, -0.25) is 0 Å². The quantitative estimate of drug-likeness (QED) is 0.678. The van der Waals surface area contributed by atoms with Crippen molar-refractivity contribution in [3.63, 3.8) is 0 Å². The minimum atomic E-state index is -3.53. The van der Waals surface area contributed by atoms with E-state index in [1.165, 1.54) is 18.2 Å². The van der Waals surface area contributed by atoms with Gasteiger partial charge in [-0.25, -0.2) is 13.2 Å². The summed E-state index contributed by atoms with van der Waals surface area (Å²) in [6.07, 6.45) is 0. The second-order valence-electron chi connectivity index (χ2n) is 5.09. The van der Waals surface area contributed by atoms with Gasteiger partial charge in [0.15, 0.2) is 9.84 Å². The summed E-state index contributed by atoms with van der Waals surface area (Å²) >= 11 is 0. The molecule has 0 aliphatic heterocycles. The lowest BCUT2D eigenvalue weighted by atomic mass is 10.2. The van der Waals surface area contributed by atoms with Crippen LogP contribution < -0.4 is 5.73 Å². The van der Waals surface area contributed by atoms with Crippen molar-refractivity contribution in [3.05, 3.63) is 23.8 Å². The number of sulfone groups is 1. The molecule has 0 unspecified atom stereocenters. The Bertz CT molecular complexity index is 585. The molecule has 1 aromatic carbocycles. The van der Waals surface area contributed by atoms with Crippen molar-refractivity contribution in [3.8, 4) is 0 Å². The van der Waals surface area contributed by atoms with Crippen LogP contribution in [0, 0.1) is 0 Å². The summed E-state index contributed by atoms with van der Waals surface area (Å²) in [7, 11) is -3.53. The predicted molar refractivity (Wildman–Crippen MR) is 73.7 cm³/mol. The second-order valence-corrected chi connectivity index (χ2v) is 7.79. The normalized spacial score (nSPS) is 12.2. The smallest absolute Gasteiger partial charge is 0.340 e. The third-order valence-corrected chi connectivity index (χ3v) is 5.12. The van der Waals surface area contributed by atoms with Gasteiger partial charge in [-0.15, -0.1) is 0 Å². The standard InChI is InChI=1S/C13H19NO4S/c1-5-18-12(15)10-8-9(6-7-11(10)14)19(16,17)13(2,3)4/h6-8H,5,14H2,1-4H3. The highest BCUT2D eigenvalue weighted by molar-refractivity contribution is 7.92. The highest BCUT2D eigenvalue weighted by Crippen LogP contribution is 2.27. The SMILES string of the molecule is CCOC(=O)c1cc(S(=O)(=O)C(C)(C)C)ccc1N. The third kappa shape index (κ3) is 3.07. The molecule has 0 aromatic heterocycles. The summed E-state index contributed by atoms with van der Waals surface area (Å²) in [5.74, 6) is -0.619. The molecule has 2 N–H and O–H groups in total. The number of benzene rings is 1. The van der Waals surface area contributed by atoms with Gasteiger partial charge in [0.05, 0.1) is 21.8 Å². The topological polar surface area (TPSA) is 86.5 Å². The molecule has 0 spiro atoms. The Kier molecular flexibility index (Phi) is 4.25. The van der Waals surface area contributed by atoms with Gasteiger partial charge in [0.2, 0.25) is 0 Å². The largest absolute Gasteiger partial charge is 0.462 e. The van der Waals surface area contributed by atoms with Crippen LogP contribution in [-0.2, 0) is 14.6 Å². The van der Waals surface area contributed by atoms with Crippen LogP contribution in [0.5, 0.6) is 0 Å². The fraction of sp³-hybridized carbons (Fsp3) is 0.462. The second kappa shape index (κ2) is 5.21. The lowest BCUT2D eigenvalue weighted by Gasteiger charge is -2.19. The molecular weight excluding hydrogens is 266 g/mol. The molecule has 6 heteroatoms. The maximum atomic E-state index is 12.3. The van der Waals surface area contributed by atoms with Crippen molar-refractivity contribution >= 4 is 21.5 Å². The summed E-state index contributed by atoms with van der Waals surface area (Å²) in [6.45, 7) is 6.67. The number of hydrogen-bond donors (Lipinski definition) is 1. The zero-order valence-electron chi connectivity index (χ0n) is 11.6. The number of nitrogen functional groups attached to an aromatic ring is 1. The van der Waals surface area contributed by atoms with Gasteiger partial charge >= 0.3 is 5.97 Å². The third-order valence-electron chi connectivity index (χ3n) is 2.64. The van der Waals surface area contributed by atoms with Crippen molar-refractivity contribution < 1.29 is 17.9 Å². The Hall–Kier alpha value is -1.56. The van der Waals surface area contributed by atoms with Gasteiger partial charge in [0.1, 0.15) is 0 Å². The van der Waals surface area contributed by atoms with E-state index in [1.54, 1.807) is 27.7 Å². The Morgan fingerprint density at radius 1 is 1.32 bits per heavy atom. The first-order chi connectivity index (χ1) is 8.61. The molecule has 0 radical (unpaired) electrons. The van der Waals surface area contributed by atoms with Crippen LogP contribution in [0.3, 0.4) is 0 Å². The van der Waals surface area contributed by atoms with Crippen molar-refractivity contribution in [2.45, 2.75) is 37.3 Å². The summed E-state index contributed by atoms with van der Waals surface area (Å²) in [5, 5.41) is 0. The molecule has 0 fully saturated rings. The van der Waals surface area contributed by atoms with Gasteiger partial charge < -0.3 is 10.5 Å². The molecule has 0 bridgehead atoms. The Labute approximate surface area is 113 Å². The predicted octanol–water partition coefficient (Wildman–Crippen LogP) is 2.02. The van der Waals surface area contributed by atoms with E-state index in [9.17, 15) is 13.2 Å². The van der Waals surface area contributed by atoms with Gasteiger partial charge in [0, 0.05) is 5.69 Å². The van der Waals surface area contributed by atoms with Gasteiger partial charge in [0.25, 0.3) is 0 Å². The van der Waals surface area contributed by atoms with E-state index in [1.807, 2.05) is 0 Å². The van der Waals surface area contributed by atoms with Gasteiger partial charge in [-0.05, 0) is 45.9 Å². The molecule has 0 aliphatic rings. The van der Waals surface area contributed by atoms with Crippen LogP contribution >= 0.6 is 0 Å². The van der Waals surface area contributed by atoms with E-state index in [-0.39, 0.29) is 22.8 Å². The van der Waals surface area contributed by atoms with E-state index in [2.05, 4.69) is 0 Å². The molecule has 19 heavy (non-hydrogen) atoms. The number of carbonyl (C=O) groups excluding carboxylic acids is 1. The van der Waals surface area contributed by atoms with Crippen molar-refractivity contribution in [2.75, 3.05) is 12.3 Å². The van der Waals surface area contributed by atoms with E-state index in [0.717, 1.165) is 0 Å². The van der Waals surface area contributed by atoms with Crippen LogP contribution in [0.2, 0.25) is 0 Å². The van der Waals surface area contributed by atoms with E-state index >= 15 is 0 Å². The van der Waals surface area contributed by atoms with Crippen LogP contribution in [0.15, 0.2) is 23.1 Å². The van der Waals surface area contributed by atoms with Gasteiger partial charge in [-0.1, -0.05) is 0 Å². The molecular formula is C13H19NO4S. The minimum Gasteiger partial charge on any atom is -0.462 e. The zero-order valence-corrected chi connectivity index (χ0v) is 12.4. The Morgan fingerprint density at radius 2 is 1.89 bits per heavy atom. The molecule has 106 valence electrons. The summed E-state index contributed by atoms with van der Waals surface area (Å²) < 4.78 is 28.5. The summed E-state index contributed by atoms with van der Waals surface area (Å²) in [4.78, 5) is 11.8. The number of hydrogen-bond acceptors (Lipinski definition) is 5. The molecule has 0 aliphatic carbocycles. The summed E-state index contributed by atoms with van der Waals surface area (Å²) in [5.41, 5.74) is 5.95. The van der Waals surface area contributed by atoms with Crippen molar-refractivity contribution in [1.82, 2.24) is 0 Å². The number of rotatable bonds is 3. The van der Waals surface area contributed by atoms with Crippen molar-refractivity contribution in [1.29, 1.82) is 0 Å². The lowest BCUT2D eigenvalue weighted by molar-refractivity contribution is 0.0527. The number of esters is 1. The molecule has 0 atom stereocenters. The number of nitrogens with two attached hydrogens (primary N) is 1. The first-order valence-electron chi connectivity index (χ1n) is 5.92. The Morgan fingerprint density at radius 3 is 2.37 bits per heavy atom. The monoisotopic (exact) mass is 285 g/mol. The minimum absolute atomic E-state index is 0.0669. The molecule has 0 saturated heterocycles. The fourth-order valence-electron chi connectivity index (χ4n) is 1.44. The highest BCUT2D eigenvalue weighted by atomic mass is 32.2. The van der Waals surface area contributed by atoms with E-state index in [0.29, 0.717) is 0 Å². The zero-order chi connectivity index (χ0) is 14.8. The molecule has 1 rings (SSSR count). The molecule has 0 heterocycles. The molecule has 0 amide bonds. The first kappa shape index (κ1) is 15.5. The average Bonchev–Trinajstić information content (AvgIpc) is 2.28. The van der Waals surface area contributed by atoms with E-state index < -0.39 is 20.6 Å². The van der Waals surface area contributed by atoms with Crippen LogP contribution in [-0.4, -0.2) is 25.7 Å². The van der Waals surface area contributed by atoms with Crippen LogP contribution in [0.1, 0.15) is 38.1 Å². The summed E-state index contributed by atoms with van der Waals surface area (Å²) in [6, 6.07) is 4.08. The first-order valence-corrected chi connectivity index (χ1v) is 7.41. The van der Waals surface area contributed by atoms with Crippen molar-refractivity contribution in [2.24, 2.45) is 0 Å². The van der Waals surface area contributed by atoms with Gasteiger partial charge in [-0.2, -0.15) is 0 Å². The highest BCUT2D eigenvalue weighted by Gasteiger charge is 2.31.